The fraction of sp³-hybridized carbons (Fsp3) is 0.467. The van der Waals surface area contributed by atoms with Crippen LogP contribution in [0.5, 0.6) is 5.75 Å². The van der Waals surface area contributed by atoms with Crippen molar-refractivity contribution in [1.82, 2.24) is 30.3 Å². The van der Waals surface area contributed by atoms with E-state index in [1.54, 1.807) is 18.3 Å². The first-order chi connectivity index (χ1) is 21.9. The van der Waals surface area contributed by atoms with Gasteiger partial charge in [0.2, 0.25) is 5.91 Å². The Kier molecular flexibility index (Phi) is 8.86. The van der Waals surface area contributed by atoms with Gasteiger partial charge in [-0.05, 0) is 64.8 Å². The highest BCUT2D eigenvalue weighted by Crippen LogP contribution is 2.42. The van der Waals surface area contributed by atoms with E-state index in [1.165, 1.54) is 24.5 Å². The number of carbonyl (C=O) groups is 3. The van der Waals surface area contributed by atoms with Crippen LogP contribution in [0.2, 0.25) is 0 Å². The van der Waals surface area contributed by atoms with Crippen molar-refractivity contribution in [2.45, 2.75) is 61.9 Å². The third kappa shape index (κ3) is 6.78. The summed E-state index contributed by atoms with van der Waals surface area (Å²) < 4.78 is 5.82. The highest BCUT2D eigenvalue weighted by atomic mass is 32.1. The molecule has 12 nitrogen and oxygen atoms in total. The van der Waals surface area contributed by atoms with Gasteiger partial charge in [-0.15, -0.1) is 21.5 Å². The van der Waals surface area contributed by atoms with Gasteiger partial charge in [0.15, 0.2) is 17.3 Å². The van der Waals surface area contributed by atoms with Crippen molar-refractivity contribution < 1.29 is 19.1 Å². The quantitative estimate of drug-likeness (QED) is 0.287. The predicted octanol–water partition coefficient (Wildman–Crippen LogP) is 2.24. The van der Waals surface area contributed by atoms with Gasteiger partial charge in [-0.25, -0.2) is 4.98 Å². The van der Waals surface area contributed by atoms with Crippen LogP contribution in [-0.2, 0) is 4.79 Å². The molecular formula is C30H33B3N8O4S. The average Bonchev–Trinajstić information content (AvgIpc) is 3.68. The molecule has 1 unspecified atom stereocenters. The minimum Gasteiger partial charge on any atom is -0.494 e. The van der Waals surface area contributed by atoms with Crippen molar-refractivity contribution >= 4 is 69.8 Å². The molecule has 3 fully saturated rings. The molecule has 3 aliphatic rings. The molecule has 3 aromatic rings. The van der Waals surface area contributed by atoms with Crippen LogP contribution in [0.15, 0.2) is 30.5 Å². The van der Waals surface area contributed by atoms with Crippen molar-refractivity contribution in [2.24, 2.45) is 5.92 Å². The number of fused-ring (bicyclic) bond motifs is 2. The molecule has 16 heteroatoms. The summed E-state index contributed by atoms with van der Waals surface area (Å²) in [4.78, 5) is 48.6. The van der Waals surface area contributed by atoms with E-state index in [0.29, 0.717) is 32.9 Å². The summed E-state index contributed by atoms with van der Waals surface area (Å²) in [6.45, 7) is 0. The van der Waals surface area contributed by atoms with Gasteiger partial charge in [0.05, 0.1) is 53.8 Å². The maximum atomic E-state index is 13.7. The molecule has 6 rings (SSSR count). The van der Waals surface area contributed by atoms with E-state index in [9.17, 15) is 14.4 Å². The summed E-state index contributed by atoms with van der Waals surface area (Å²) in [6, 6.07) is 7.81. The van der Waals surface area contributed by atoms with Crippen LogP contribution < -0.4 is 20.7 Å². The first-order valence-electron chi connectivity index (χ1n) is 15.2. The lowest BCUT2D eigenvalue weighted by Crippen LogP contribution is -2.51. The third-order valence-electron chi connectivity index (χ3n) is 8.65. The molecule has 2 saturated heterocycles. The predicted molar refractivity (Wildman–Crippen MR) is 178 cm³/mol. The molecule has 3 atom stereocenters. The molecule has 2 bridgehead atoms. The second-order valence-electron chi connectivity index (χ2n) is 12.4. The van der Waals surface area contributed by atoms with E-state index in [0.717, 1.165) is 38.5 Å². The Balaban J connectivity index is 1.28. The number of hydrogen-bond donors (Lipinski definition) is 3. The Morgan fingerprint density at radius 3 is 2.39 bits per heavy atom. The molecule has 0 spiro atoms. The Morgan fingerprint density at radius 2 is 1.76 bits per heavy atom. The number of nitrogens with zero attached hydrogens (tertiary/aromatic N) is 5. The number of aromatic nitrogens is 3. The van der Waals surface area contributed by atoms with Crippen LogP contribution in [0.1, 0.15) is 58.7 Å². The summed E-state index contributed by atoms with van der Waals surface area (Å²) >= 11 is 1.31. The summed E-state index contributed by atoms with van der Waals surface area (Å²) in [6.07, 6.45) is 7.23. The number of amides is 3. The number of hydrogen-bond acceptors (Lipinski definition) is 10. The topological polar surface area (TPSA) is 142 Å². The summed E-state index contributed by atoms with van der Waals surface area (Å²) in [7, 11) is 22.5. The Hall–Kier alpha value is -3.91. The second-order valence-corrected chi connectivity index (χ2v) is 13.4. The van der Waals surface area contributed by atoms with Gasteiger partial charge in [0, 0.05) is 30.1 Å². The number of rotatable bonds is 10. The number of methoxy groups -OCH3 is 1. The summed E-state index contributed by atoms with van der Waals surface area (Å²) in [5, 5.41) is 14.8. The number of piperidine rings is 1. The molecule has 2 aliphatic heterocycles. The first kappa shape index (κ1) is 32.1. The van der Waals surface area contributed by atoms with Crippen LogP contribution in [0.25, 0.3) is 10.6 Å². The highest BCUT2D eigenvalue weighted by Gasteiger charge is 2.44. The SMILES string of the molecule is [B]C([B])([B])NC(=O)c1nnc(NC(=O)C2CC2)cc1Nc1cccc(-c2ncc(C(=O)N3[C@@H]4CC[C@H]3CC(N(C)C)C4)s2)c1OC. The van der Waals surface area contributed by atoms with Gasteiger partial charge in [-0.1, -0.05) is 11.3 Å². The second kappa shape index (κ2) is 12.7. The smallest absolute Gasteiger partial charge is 0.272 e. The lowest BCUT2D eigenvalue weighted by molar-refractivity contribution is -0.117. The van der Waals surface area contributed by atoms with Crippen molar-refractivity contribution in [2.75, 3.05) is 31.8 Å². The van der Waals surface area contributed by atoms with Gasteiger partial charge in [-0.2, -0.15) is 0 Å². The molecule has 6 radical (unpaired) electrons. The van der Waals surface area contributed by atoms with Gasteiger partial charge < -0.3 is 30.5 Å². The minimum atomic E-state index is -2.01. The number of thiazole rings is 1. The molecule has 1 saturated carbocycles. The van der Waals surface area contributed by atoms with Gasteiger partial charge in [0.1, 0.15) is 9.88 Å². The van der Waals surface area contributed by atoms with E-state index >= 15 is 0 Å². The van der Waals surface area contributed by atoms with E-state index in [1.807, 2.05) is 6.07 Å². The van der Waals surface area contributed by atoms with Crippen LogP contribution >= 0.6 is 11.3 Å². The number of carbonyl (C=O) groups excluding carboxylic acids is 3. The molecule has 46 heavy (non-hydrogen) atoms. The molecule has 1 aliphatic carbocycles. The average molecular weight is 634 g/mol. The Bertz CT molecular complexity index is 1650. The minimum absolute atomic E-state index is 0.0109. The molecular weight excluding hydrogens is 601 g/mol. The van der Waals surface area contributed by atoms with Crippen molar-refractivity contribution in [3.8, 4) is 16.3 Å². The monoisotopic (exact) mass is 634 g/mol. The van der Waals surface area contributed by atoms with E-state index < -0.39 is 11.1 Å². The fourth-order valence-corrected chi connectivity index (χ4v) is 7.12. The number of para-hydroxylation sites is 1. The maximum absolute atomic E-state index is 13.7. The maximum Gasteiger partial charge on any atom is 0.272 e. The van der Waals surface area contributed by atoms with Gasteiger partial charge in [0.25, 0.3) is 11.8 Å². The fourth-order valence-electron chi connectivity index (χ4n) is 6.24. The molecule has 2 aromatic heterocycles. The lowest BCUT2D eigenvalue weighted by Gasteiger charge is -2.41. The van der Waals surface area contributed by atoms with Gasteiger partial charge >= 0.3 is 0 Å². The lowest BCUT2D eigenvalue weighted by atomic mass is 9.49. The molecule has 4 heterocycles. The van der Waals surface area contributed by atoms with E-state index in [4.69, 9.17) is 28.3 Å². The van der Waals surface area contributed by atoms with Gasteiger partial charge in [-0.3, -0.25) is 14.4 Å². The molecule has 1 aromatic carbocycles. The van der Waals surface area contributed by atoms with Crippen LogP contribution in [0, 0.1) is 5.92 Å². The summed E-state index contributed by atoms with van der Waals surface area (Å²) in [5.74, 6) is -0.454. The first-order valence-corrected chi connectivity index (χ1v) is 16.0. The van der Waals surface area contributed by atoms with Crippen LogP contribution in [0.3, 0.4) is 0 Å². The third-order valence-corrected chi connectivity index (χ3v) is 9.67. The standard InChI is InChI=1S/C30H33B3N8O4S/c1-40(2)18-11-16-9-10-17(12-18)41(16)29(44)22-14-34-28(46-22)19-5-4-6-20(25(19)45-3)35-21-13-23(36-26(42)15-7-8-15)38-39-24(21)27(43)37-30(31,32)33/h4-6,13-18H,7-12H2,1-3H3,(H,37,43)(H2,35,36,38,42)/t16-,17+,18?. The number of benzene rings is 1. The Morgan fingerprint density at radius 1 is 1.04 bits per heavy atom. The zero-order chi connectivity index (χ0) is 32.7. The highest BCUT2D eigenvalue weighted by molar-refractivity contribution is 7.17. The zero-order valence-electron chi connectivity index (χ0n) is 25.9. The Labute approximate surface area is 275 Å². The molecule has 3 amide bonds. The molecule has 232 valence electrons. The largest absolute Gasteiger partial charge is 0.494 e. The molecule has 3 N–H and O–H groups in total. The number of nitrogens with one attached hydrogen (secondary N) is 3. The van der Waals surface area contributed by atoms with Crippen molar-refractivity contribution in [1.29, 1.82) is 0 Å². The number of anilines is 3. The van der Waals surface area contributed by atoms with E-state index in [2.05, 4.69) is 55.0 Å². The van der Waals surface area contributed by atoms with E-state index in [-0.39, 0.29) is 47.0 Å². The van der Waals surface area contributed by atoms with Crippen molar-refractivity contribution in [3.63, 3.8) is 0 Å². The number of ether oxygens (including phenoxy) is 1. The zero-order valence-corrected chi connectivity index (χ0v) is 26.8. The normalized spacial score (nSPS) is 20.8. The van der Waals surface area contributed by atoms with Crippen LogP contribution in [0.4, 0.5) is 17.2 Å². The van der Waals surface area contributed by atoms with Crippen LogP contribution in [-0.4, -0.2) is 111 Å². The summed E-state index contributed by atoms with van der Waals surface area (Å²) in [5.41, 5.74) is 1.13. The van der Waals surface area contributed by atoms with Crippen molar-refractivity contribution in [3.05, 3.63) is 41.0 Å².